The molecule has 3 saturated carbocycles. The molecule has 8 nitrogen and oxygen atoms in total. The molecule has 0 aromatic heterocycles. The lowest BCUT2D eigenvalue weighted by molar-refractivity contribution is -0.139. The van der Waals surface area contributed by atoms with Gasteiger partial charge in [-0.2, -0.15) is 0 Å². The Morgan fingerprint density at radius 1 is 1.12 bits per heavy atom. The van der Waals surface area contributed by atoms with E-state index in [2.05, 4.69) is 36.5 Å². The number of hydrogen-bond acceptors (Lipinski definition) is 6. The first-order valence-corrected chi connectivity index (χ1v) is 15.2. The number of fused-ring (bicyclic) bond motifs is 5. The molecule has 3 N–H and O–H groups in total. The highest BCUT2D eigenvalue weighted by molar-refractivity contribution is 6.05. The summed E-state index contributed by atoms with van der Waals surface area (Å²) in [5.41, 5.74) is 1.17. The summed E-state index contributed by atoms with van der Waals surface area (Å²) in [4.78, 5) is 29.6. The van der Waals surface area contributed by atoms with E-state index in [-0.39, 0.29) is 41.3 Å². The molecule has 0 bridgehead atoms. The van der Waals surface area contributed by atoms with E-state index in [0.29, 0.717) is 42.9 Å². The minimum Gasteiger partial charge on any atom is -0.481 e. The van der Waals surface area contributed by atoms with Crippen molar-refractivity contribution in [3.63, 3.8) is 0 Å². The molecule has 0 unspecified atom stereocenters. The van der Waals surface area contributed by atoms with Crippen molar-refractivity contribution in [3.05, 3.63) is 23.8 Å². The number of carbonyl (C=O) groups is 2. The first kappa shape index (κ1) is 29.3. The highest BCUT2D eigenvalue weighted by atomic mass is 16.6. The summed E-state index contributed by atoms with van der Waals surface area (Å²) in [6.45, 7) is 11.0. The number of oxime groups is 1. The van der Waals surface area contributed by atoms with E-state index in [1.54, 1.807) is 0 Å². The molecule has 222 valence electrons. The van der Waals surface area contributed by atoms with Crippen molar-refractivity contribution in [2.75, 3.05) is 13.2 Å². The zero-order valence-electron chi connectivity index (χ0n) is 24.9. The van der Waals surface area contributed by atoms with E-state index in [1.807, 2.05) is 26.8 Å². The molecule has 1 saturated heterocycles. The lowest BCUT2D eigenvalue weighted by atomic mass is 9.47. The Bertz CT molecular complexity index is 1110. The van der Waals surface area contributed by atoms with E-state index in [1.165, 1.54) is 5.57 Å². The molecule has 40 heavy (non-hydrogen) atoms. The number of aliphatic hydroxyl groups is 1. The first-order chi connectivity index (χ1) is 18.7. The maximum atomic E-state index is 12.7. The minimum atomic E-state index is -0.937. The number of aliphatic carboxylic acids is 1. The van der Waals surface area contributed by atoms with Gasteiger partial charge >= 0.3 is 5.97 Å². The predicted molar refractivity (Wildman–Crippen MR) is 153 cm³/mol. The largest absolute Gasteiger partial charge is 0.481 e. The van der Waals surface area contributed by atoms with Crippen LogP contribution in [0, 0.1) is 34.5 Å². The topological polar surface area (TPSA) is 117 Å². The second-order valence-corrected chi connectivity index (χ2v) is 14.4. The van der Waals surface area contributed by atoms with Gasteiger partial charge in [-0.05, 0) is 113 Å². The van der Waals surface area contributed by atoms with Crippen molar-refractivity contribution in [2.24, 2.45) is 39.7 Å². The number of carboxylic acid groups (broad SMARTS) is 1. The van der Waals surface area contributed by atoms with Crippen molar-refractivity contribution in [1.82, 2.24) is 5.32 Å². The fourth-order valence-corrected chi connectivity index (χ4v) is 9.07. The van der Waals surface area contributed by atoms with Crippen LogP contribution in [0.1, 0.15) is 92.4 Å². The number of allylic oxidation sites excluding steroid dienone is 4. The van der Waals surface area contributed by atoms with Crippen LogP contribution in [0.4, 0.5) is 0 Å². The van der Waals surface area contributed by atoms with Gasteiger partial charge in [0.25, 0.3) is 5.91 Å². The summed E-state index contributed by atoms with van der Waals surface area (Å²) >= 11 is 0. The number of amides is 1. The summed E-state index contributed by atoms with van der Waals surface area (Å²) < 4.78 is 5.77. The quantitative estimate of drug-likeness (QED) is 0.380. The number of ether oxygens (including phenoxy) is 1. The molecule has 1 aliphatic heterocycles. The van der Waals surface area contributed by atoms with Gasteiger partial charge in [-0.1, -0.05) is 30.7 Å². The minimum absolute atomic E-state index is 0.00952. The molecule has 4 fully saturated rings. The maximum Gasteiger partial charge on any atom is 0.305 e. The second-order valence-electron chi connectivity index (χ2n) is 14.4. The van der Waals surface area contributed by atoms with Crippen LogP contribution < -0.4 is 5.32 Å². The number of rotatable bonds is 7. The van der Waals surface area contributed by atoms with Crippen LogP contribution in [0.3, 0.4) is 0 Å². The van der Waals surface area contributed by atoms with Gasteiger partial charge in [-0.25, -0.2) is 0 Å². The van der Waals surface area contributed by atoms with Gasteiger partial charge in [0.1, 0.15) is 5.71 Å². The Labute approximate surface area is 238 Å². The lowest BCUT2D eigenvalue weighted by Gasteiger charge is -2.58. The van der Waals surface area contributed by atoms with Gasteiger partial charge in [0, 0.05) is 18.1 Å². The second kappa shape index (κ2) is 10.6. The Balaban J connectivity index is 1.19. The van der Waals surface area contributed by atoms with E-state index in [0.717, 1.165) is 38.5 Å². The van der Waals surface area contributed by atoms with Gasteiger partial charge in [0.15, 0.2) is 6.61 Å². The summed E-state index contributed by atoms with van der Waals surface area (Å²) in [6, 6.07) is -0.474. The third-order valence-electron chi connectivity index (χ3n) is 11.5. The molecule has 5 aliphatic rings. The van der Waals surface area contributed by atoms with Crippen molar-refractivity contribution < 1.29 is 29.4 Å². The van der Waals surface area contributed by atoms with Crippen LogP contribution in [0.2, 0.25) is 0 Å². The molecular weight excluding hydrogens is 508 g/mol. The van der Waals surface area contributed by atoms with Crippen LogP contribution in [0.5, 0.6) is 0 Å². The van der Waals surface area contributed by atoms with E-state index >= 15 is 0 Å². The van der Waals surface area contributed by atoms with Crippen LogP contribution in [0.15, 0.2) is 29.0 Å². The average molecular weight is 557 g/mol. The molecule has 8 atom stereocenters. The number of carboxylic acids is 1. The maximum absolute atomic E-state index is 12.7. The first-order valence-electron chi connectivity index (χ1n) is 15.2. The molecule has 0 aromatic carbocycles. The molecule has 0 radical (unpaired) electrons. The lowest BCUT2D eigenvalue weighted by Crippen LogP contribution is -2.53. The molecule has 0 aromatic rings. The van der Waals surface area contributed by atoms with Crippen LogP contribution in [-0.2, 0) is 19.2 Å². The number of carbonyl (C=O) groups excluding carboxylic acids is 1. The fraction of sp³-hybridized carbons (Fsp3) is 0.781. The highest BCUT2D eigenvalue weighted by Crippen LogP contribution is 2.66. The molecule has 1 heterocycles. The summed E-state index contributed by atoms with van der Waals surface area (Å²) in [5, 5.41) is 27.7. The zero-order chi connectivity index (χ0) is 28.9. The molecular formula is C32H48N2O6. The standard InChI is InChI=1S/C32H48N2O6/c1-29(2)18-20(11-15-39-29)26(17-28(36)37)33-27(35)19-40-34-22-8-12-30(3)21(16-22)6-7-23-24(30)9-13-31(4)25(23)10-14-32(31,5)38/h8,12,16,20,23-26,38H,6-7,9-11,13-15,17-19H2,1-5H3,(H,33,35)(H,36,37)/b34-22+/t20-,23-,24-,25+,26+,30+,31+,32+/m1/s1. The van der Waals surface area contributed by atoms with E-state index in [9.17, 15) is 19.8 Å². The van der Waals surface area contributed by atoms with Crippen molar-refractivity contribution in [1.29, 1.82) is 0 Å². The zero-order valence-corrected chi connectivity index (χ0v) is 24.9. The van der Waals surface area contributed by atoms with Gasteiger partial charge in [0.2, 0.25) is 0 Å². The summed E-state index contributed by atoms with van der Waals surface area (Å²) in [5.74, 6) is 0.483. The van der Waals surface area contributed by atoms with Crippen molar-refractivity contribution >= 4 is 17.6 Å². The summed E-state index contributed by atoms with van der Waals surface area (Å²) in [6.07, 6.45) is 14.0. The van der Waals surface area contributed by atoms with Gasteiger partial charge in [-0.3, -0.25) is 9.59 Å². The molecule has 1 amide bonds. The summed E-state index contributed by atoms with van der Waals surface area (Å²) in [7, 11) is 0. The van der Waals surface area contributed by atoms with E-state index in [4.69, 9.17) is 9.57 Å². The molecule has 8 heteroatoms. The SMILES string of the molecule is CC1(C)C[C@H]([C@H](CC(=O)O)NC(=O)CO/N=C2\C=C[C@@]3(C)C(=C2)CC[C@@H]2[C@H]3CC[C@@]3(C)[C@H]2CC[C@]3(C)O)CCO1. The molecule has 0 spiro atoms. The van der Waals surface area contributed by atoms with Gasteiger partial charge < -0.3 is 25.1 Å². The Morgan fingerprint density at radius 2 is 1.88 bits per heavy atom. The predicted octanol–water partition coefficient (Wildman–Crippen LogP) is 5.01. The van der Waals surface area contributed by atoms with Gasteiger partial charge in [0.05, 0.1) is 17.6 Å². The average Bonchev–Trinajstić information content (AvgIpc) is 3.11. The highest BCUT2D eigenvalue weighted by Gasteiger charge is 2.62. The Hall–Kier alpha value is -2.19. The van der Waals surface area contributed by atoms with Crippen LogP contribution in [0.25, 0.3) is 0 Å². The third-order valence-corrected chi connectivity index (χ3v) is 11.5. The van der Waals surface area contributed by atoms with Crippen LogP contribution >= 0.6 is 0 Å². The normalized spacial score (nSPS) is 41.8. The smallest absolute Gasteiger partial charge is 0.305 e. The number of hydrogen-bond donors (Lipinski definition) is 3. The Kier molecular flexibility index (Phi) is 7.75. The van der Waals surface area contributed by atoms with Gasteiger partial charge in [-0.15, -0.1) is 0 Å². The van der Waals surface area contributed by atoms with Crippen molar-refractivity contribution in [2.45, 2.75) is 110 Å². The monoisotopic (exact) mass is 556 g/mol. The number of nitrogens with zero attached hydrogens (tertiary/aromatic N) is 1. The fourth-order valence-electron chi connectivity index (χ4n) is 9.07. The molecule has 4 aliphatic carbocycles. The van der Waals surface area contributed by atoms with Crippen LogP contribution in [-0.4, -0.2) is 58.3 Å². The van der Waals surface area contributed by atoms with Crippen molar-refractivity contribution in [3.8, 4) is 0 Å². The molecule has 5 rings (SSSR count). The third kappa shape index (κ3) is 5.38. The van der Waals surface area contributed by atoms with E-state index < -0.39 is 17.6 Å². The number of nitrogens with one attached hydrogen (secondary N) is 1. The Morgan fingerprint density at radius 3 is 2.60 bits per heavy atom.